The first kappa shape index (κ1) is 21.0. The molecule has 0 heterocycles. The monoisotopic (exact) mass is 344 g/mol. The van der Waals surface area contributed by atoms with Crippen LogP contribution in [0.2, 0.25) is 0 Å². The molecule has 0 aliphatic rings. The van der Waals surface area contributed by atoms with E-state index in [1.807, 2.05) is 18.2 Å². The molecule has 2 rings (SSSR count). The van der Waals surface area contributed by atoms with Crippen molar-refractivity contribution in [1.82, 2.24) is 0 Å². The molecule has 0 aromatic heterocycles. The van der Waals surface area contributed by atoms with Crippen LogP contribution >= 0.6 is 0 Å². The van der Waals surface area contributed by atoms with Gasteiger partial charge in [0, 0.05) is 7.11 Å². The topological polar surface area (TPSA) is 49.7 Å². The van der Waals surface area contributed by atoms with Crippen LogP contribution < -0.4 is 0 Å². The first-order chi connectivity index (χ1) is 11.5. The van der Waals surface area contributed by atoms with Gasteiger partial charge in [0.25, 0.3) is 0 Å². The lowest BCUT2D eigenvalue weighted by atomic mass is 9.78. The molecule has 138 valence electrons. The van der Waals surface area contributed by atoms with Crippen LogP contribution in [0.4, 0.5) is 0 Å². The average molecular weight is 344 g/mol. The van der Waals surface area contributed by atoms with Gasteiger partial charge in [-0.25, -0.2) is 0 Å². The van der Waals surface area contributed by atoms with Gasteiger partial charge in [0.2, 0.25) is 0 Å². The molecular weight excluding hydrogens is 312 g/mol. The standard InChI is InChI=1S/C16H26O2.C6H6O/c1-15(2,3)12-8-11(10-18-7)9-13(14(12)17)16(4,5)6;7-6-4-2-1-3-5-6/h8-9,17H,10H2,1-7H3;1-5,7H. The van der Waals surface area contributed by atoms with E-state index in [-0.39, 0.29) is 10.8 Å². The Morgan fingerprint density at radius 1 is 0.800 bits per heavy atom. The summed E-state index contributed by atoms with van der Waals surface area (Å²) in [5, 5.41) is 19.1. The Balaban J connectivity index is 0.000000370. The highest BCUT2D eigenvalue weighted by Gasteiger charge is 2.26. The summed E-state index contributed by atoms with van der Waals surface area (Å²) in [7, 11) is 1.69. The molecule has 0 saturated heterocycles. The fourth-order valence-electron chi connectivity index (χ4n) is 2.52. The third-order valence-corrected chi connectivity index (χ3v) is 3.85. The summed E-state index contributed by atoms with van der Waals surface area (Å²) in [5.74, 6) is 0.748. The Labute approximate surface area is 152 Å². The minimum atomic E-state index is -0.0756. The van der Waals surface area contributed by atoms with Crippen LogP contribution in [0.25, 0.3) is 0 Å². The molecule has 0 radical (unpaired) electrons. The second kappa shape index (κ2) is 8.39. The zero-order valence-electron chi connectivity index (χ0n) is 16.6. The lowest BCUT2D eigenvalue weighted by Crippen LogP contribution is -2.18. The molecule has 2 N–H and O–H groups in total. The minimum absolute atomic E-state index is 0.0756. The average Bonchev–Trinajstić information content (AvgIpc) is 2.48. The van der Waals surface area contributed by atoms with E-state index in [2.05, 4.69) is 41.5 Å². The van der Waals surface area contributed by atoms with Gasteiger partial charge in [-0.1, -0.05) is 59.7 Å². The number of para-hydroxylation sites is 1. The Hall–Kier alpha value is -2.00. The smallest absolute Gasteiger partial charge is 0.123 e. The highest BCUT2D eigenvalue weighted by atomic mass is 16.5. The summed E-state index contributed by atoms with van der Waals surface area (Å²) in [6.07, 6.45) is 0. The summed E-state index contributed by atoms with van der Waals surface area (Å²) in [6.45, 7) is 13.3. The van der Waals surface area contributed by atoms with Crippen molar-refractivity contribution >= 4 is 0 Å². The van der Waals surface area contributed by atoms with E-state index >= 15 is 0 Å². The minimum Gasteiger partial charge on any atom is -0.508 e. The lowest BCUT2D eigenvalue weighted by molar-refractivity contribution is 0.184. The molecule has 0 aliphatic carbocycles. The number of benzene rings is 2. The van der Waals surface area contributed by atoms with Crippen molar-refractivity contribution < 1.29 is 14.9 Å². The molecule has 3 nitrogen and oxygen atoms in total. The van der Waals surface area contributed by atoms with Crippen molar-refractivity contribution in [2.75, 3.05) is 7.11 Å². The van der Waals surface area contributed by atoms with Gasteiger partial charge < -0.3 is 14.9 Å². The summed E-state index contributed by atoms with van der Waals surface area (Å²) in [5.41, 5.74) is 2.94. The number of methoxy groups -OCH3 is 1. The third kappa shape index (κ3) is 6.43. The van der Waals surface area contributed by atoms with E-state index in [4.69, 9.17) is 9.84 Å². The Kier molecular flexibility index (Phi) is 7.06. The lowest BCUT2D eigenvalue weighted by Gasteiger charge is -2.28. The fraction of sp³-hybridized carbons (Fsp3) is 0.455. The Morgan fingerprint density at radius 2 is 1.24 bits per heavy atom. The molecule has 0 unspecified atom stereocenters. The number of hydrogen-bond donors (Lipinski definition) is 2. The molecule has 0 bridgehead atoms. The van der Waals surface area contributed by atoms with Gasteiger partial charge in [-0.05, 0) is 51.8 Å². The van der Waals surface area contributed by atoms with E-state index in [1.165, 1.54) is 0 Å². The maximum atomic E-state index is 10.5. The molecule has 0 fully saturated rings. The molecule has 0 saturated carbocycles. The summed E-state index contributed by atoms with van der Waals surface area (Å²) < 4.78 is 5.22. The summed E-state index contributed by atoms with van der Waals surface area (Å²) in [6, 6.07) is 12.8. The highest BCUT2D eigenvalue weighted by Crippen LogP contribution is 2.39. The summed E-state index contributed by atoms with van der Waals surface area (Å²) in [4.78, 5) is 0. The van der Waals surface area contributed by atoms with E-state index < -0.39 is 0 Å². The number of phenols is 2. The van der Waals surface area contributed by atoms with E-state index in [9.17, 15) is 5.11 Å². The number of ether oxygens (including phenoxy) is 1. The number of phenolic OH excluding ortho intramolecular Hbond substituents is 2. The van der Waals surface area contributed by atoms with Gasteiger partial charge in [-0.3, -0.25) is 0 Å². The first-order valence-electron chi connectivity index (χ1n) is 8.56. The first-order valence-corrected chi connectivity index (χ1v) is 8.56. The predicted molar refractivity (Wildman–Crippen MR) is 104 cm³/mol. The van der Waals surface area contributed by atoms with E-state index in [0.717, 1.165) is 16.7 Å². The van der Waals surface area contributed by atoms with Gasteiger partial charge in [0.15, 0.2) is 0 Å². The molecular formula is C22H32O3. The SMILES string of the molecule is COCc1cc(C(C)(C)C)c(O)c(C(C)(C)C)c1.Oc1ccccc1. The second-order valence-corrected chi connectivity index (χ2v) is 8.31. The maximum absolute atomic E-state index is 10.5. The number of aromatic hydroxyl groups is 2. The zero-order valence-corrected chi connectivity index (χ0v) is 16.6. The molecule has 3 heteroatoms. The van der Waals surface area contributed by atoms with Crippen LogP contribution in [-0.2, 0) is 22.2 Å². The Bertz CT molecular complexity index is 627. The van der Waals surface area contributed by atoms with Crippen molar-refractivity contribution in [1.29, 1.82) is 0 Å². The van der Waals surface area contributed by atoms with Crippen LogP contribution in [0.1, 0.15) is 58.2 Å². The van der Waals surface area contributed by atoms with Gasteiger partial charge >= 0.3 is 0 Å². The maximum Gasteiger partial charge on any atom is 0.123 e. The molecule has 0 aliphatic heterocycles. The van der Waals surface area contributed by atoms with Gasteiger partial charge in [0.1, 0.15) is 11.5 Å². The Morgan fingerprint density at radius 3 is 1.52 bits per heavy atom. The zero-order chi connectivity index (χ0) is 19.3. The predicted octanol–water partition coefficient (Wildman–Crippen LogP) is 5.53. The number of hydrogen-bond acceptors (Lipinski definition) is 3. The second-order valence-electron chi connectivity index (χ2n) is 8.31. The third-order valence-electron chi connectivity index (χ3n) is 3.85. The van der Waals surface area contributed by atoms with Crippen molar-refractivity contribution in [2.45, 2.75) is 59.0 Å². The van der Waals surface area contributed by atoms with Gasteiger partial charge in [-0.15, -0.1) is 0 Å². The van der Waals surface area contributed by atoms with Crippen molar-refractivity contribution in [3.63, 3.8) is 0 Å². The van der Waals surface area contributed by atoms with Crippen molar-refractivity contribution in [3.05, 3.63) is 59.2 Å². The quantitative estimate of drug-likeness (QED) is 0.753. The molecule has 2 aromatic carbocycles. The van der Waals surface area contributed by atoms with Crippen LogP contribution in [0, 0.1) is 0 Å². The molecule has 2 aromatic rings. The van der Waals surface area contributed by atoms with Crippen LogP contribution in [0.5, 0.6) is 11.5 Å². The van der Waals surface area contributed by atoms with Crippen LogP contribution in [0.15, 0.2) is 42.5 Å². The summed E-state index contributed by atoms with van der Waals surface area (Å²) >= 11 is 0. The molecule has 0 atom stereocenters. The van der Waals surface area contributed by atoms with Crippen molar-refractivity contribution in [3.8, 4) is 11.5 Å². The molecule has 0 amide bonds. The van der Waals surface area contributed by atoms with E-state index in [0.29, 0.717) is 18.1 Å². The van der Waals surface area contributed by atoms with Gasteiger partial charge in [0.05, 0.1) is 6.61 Å². The molecule has 0 spiro atoms. The largest absolute Gasteiger partial charge is 0.508 e. The normalized spacial score (nSPS) is 11.6. The number of rotatable bonds is 2. The van der Waals surface area contributed by atoms with E-state index in [1.54, 1.807) is 31.4 Å². The van der Waals surface area contributed by atoms with Crippen LogP contribution in [-0.4, -0.2) is 17.3 Å². The van der Waals surface area contributed by atoms with Crippen molar-refractivity contribution in [2.24, 2.45) is 0 Å². The van der Waals surface area contributed by atoms with Gasteiger partial charge in [-0.2, -0.15) is 0 Å². The highest BCUT2D eigenvalue weighted by molar-refractivity contribution is 5.49. The van der Waals surface area contributed by atoms with Crippen LogP contribution in [0.3, 0.4) is 0 Å². The fourth-order valence-corrected chi connectivity index (χ4v) is 2.52. The molecule has 25 heavy (non-hydrogen) atoms.